The van der Waals surface area contributed by atoms with Crippen LogP contribution in [0.1, 0.15) is 35.2 Å². The summed E-state index contributed by atoms with van der Waals surface area (Å²) in [5, 5.41) is 3.24. The van der Waals surface area contributed by atoms with Gasteiger partial charge in [0.15, 0.2) is 0 Å². The van der Waals surface area contributed by atoms with Crippen LogP contribution in [0.4, 0.5) is 5.69 Å². The molecule has 1 N–H and O–H groups in total. The average Bonchev–Trinajstić information content (AvgIpc) is 2.69. The van der Waals surface area contributed by atoms with E-state index in [0.717, 1.165) is 56.6 Å². The van der Waals surface area contributed by atoms with E-state index in [1.807, 2.05) is 43.3 Å². The highest BCUT2D eigenvalue weighted by molar-refractivity contribution is 5.95. The van der Waals surface area contributed by atoms with Crippen molar-refractivity contribution in [3.05, 3.63) is 65.7 Å². The molecule has 1 heterocycles. The molecule has 1 aliphatic rings. The summed E-state index contributed by atoms with van der Waals surface area (Å²) < 4.78 is 0. The number of aryl methyl sites for hydroxylation is 1. The van der Waals surface area contributed by atoms with Crippen LogP contribution < -0.4 is 10.2 Å². The number of piperidine rings is 1. The Balaban J connectivity index is 1.47. The molecule has 1 amide bonds. The van der Waals surface area contributed by atoms with Crippen molar-refractivity contribution in [2.75, 3.05) is 38.6 Å². The molecule has 0 spiro atoms. The molecule has 0 bridgehead atoms. The summed E-state index contributed by atoms with van der Waals surface area (Å²) >= 11 is 0. The van der Waals surface area contributed by atoms with E-state index in [-0.39, 0.29) is 11.9 Å². The number of carbonyl (C=O) groups is 1. The van der Waals surface area contributed by atoms with Crippen molar-refractivity contribution in [1.29, 1.82) is 0 Å². The van der Waals surface area contributed by atoms with Gasteiger partial charge in [-0.15, -0.1) is 0 Å². The first-order valence-corrected chi connectivity index (χ1v) is 9.96. The average molecular weight is 366 g/mol. The lowest BCUT2D eigenvalue weighted by molar-refractivity contribution is 0.0903. The Kier molecular flexibility index (Phi) is 6.88. The second-order valence-corrected chi connectivity index (χ2v) is 7.65. The van der Waals surface area contributed by atoms with E-state index < -0.39 is 0 Å². The number of benzene rings is 2. The second-order valence-electron chi connectivity index (χ2n) is 7.65. The van der Waals surface area contributed by atoms with Crippen LogP contribution in [0.15, 0.2) is 54.6 Å². The minimum Gasteiger partial charge on any atom is -0.378 e. The van der Waals surface area contributed by atoms with E-state index in [4.69, 9.17) is 0 Å². The Morgan fingerprint density at radius 1 is 1.15 bits per heavy atom. The lowest BCUT2D eigenvalue weighted by atomic mass is 10.0. The van der Waals surface area contributed by atoms with E-state index in [1.54, 1.807) is 0 Å². The summed E-state index contributed by atoms with van der Waals surface area (Å²) in [5.41, 5.74) is 3.19. The fourth-order valence-corrected chi connectivity index (χ4v) is 3.72. The summed E-state index contributed by atoms with van der Waals surface area (Å²) in [7, 11) is 3.98. The van der Waals surface area contributed by atoms with E-state index >= 15 is 0 Å². The van der Waals surface area contributed by atoms with Crippen molar-refractivity contribution >= 4 is 11.6 Å². The van der Waals surface area contributed by atoms with Crippen molar-refractivity contribution in [2.24, 2.45) is 0 Å². The van der Waals surface area contributed by atoms with Gasteiger partial charge in [-0.05, 0) is 62.5 Å². The second kappa shape index (κ2) is 9.56. The summed E-state index contributed by atoms with van der Waals surface area (Å²) in [6, 6.07) is 18.7. The molecule has 3 rings (SSSR count). The number of likely N-dealkylation sites (tertiary alicyclic amines) is 1. The van der Waals surface area contributed by atoms with Gasteiger partial charge in [0.05, 0.1) is 0 Å². The van der Waals surface area contributed by atoms with Crippen molar-refractivity contribution in [1.82, 2.24) is 10.2 Å². The van der Waals surface area contributed by atoms with Crippen LogP contribution in [-0.2, 0) is 6.42 Å². The Morgan fingerprint density at radius 3 is 2.74 bits per heavy atom. The standard InChI is InChI=1S/C23H31N3O/c1-25(2)22-14-6-12-20(17-22)23(27)24-21-13-8-16-26(18-21)15-7-11-19-9-4-3-5-10-19/h3-6,9-10,12,14,17,21H,7-8,11,13,15-16,18H2,1-2H3,(H,24,27)/t21-/m1/s1. The fourth-order valence-electron chi connectivity index (χ4n) is 3.72. The van der Waals surface area contributed by atoms with E-state index in [9.17, 15) is 4.79 Å². The van der Waals surface area contributed by atoms with Gasteiger partial charge >= 0.3 is 0 Å². The summed E-state index contributed by atoms with van der Waals surface area (Å²) in [6.45, 7) is 3.18. The molecule has 144 valence electrons. The Hall–Kier alpha value is -2.33. The first kappa shape index (κ1) is 19.4. The monoisotopic (exact) mass is 365 g/mol. The van der Waals surface area contributed by atoms with Crippen molar-refractivity contribution in [3.8, 4) is 0 Å². The molecule has 4 nitrogen and oxygen atoms in total. The number of nitrogens with zero attached hydrogens (tertiary/aromatic N) is 2. The lowest BCUT2D eigenvalue weighted by Gasteiger charge is -2.33. The third-order valence-electron chi connectivity index (χ3n) is 5.25. The van der Waals surface area contributed by atoms with Gasteiger partial charge in [-0.1, -0.05) is 36.4 Å². The quantitative estimate of drug-likeness (QED) is 0.815. The molecule has 1 fully saturated rings. The van der Waals surface area contributed by atoms with Crippen molar-refractivity contribution in [2.45, 2.75) is 31.7 Å². The highest BCUT2D eigenvalue weighted by Gasteiger charge is 2.21. The predicted molar refractivity (Wildman–Crippen MR) is 112 cm³/mol. The fraction of sp³-hybridized carbons (Fsp3) is 0.435. The summed E-state index contributed by atoms with van der Waals surface area (Å²) in [5.74, 6) is 0.0369. The largest absolute Gasteiger partial charge is 0.378 e. The normalized spacial score (nSPS) is 17.5. The van der Waals surface area contributed by atoms with Crippen LogP contribution in [0.2, 0.25) is 0 Å². The summed E-state index contributed by atoms with van der Waals surface area (Å²) in [6.07, 6.45) is 4.49. The molecule has 0 aromatic heterocycles. The highest BCUT2D eigenvalue weighted by atomic mass is 16.1. The zero-order valence-electron chi connectivity index (χ0n) is 16.5. The maximum atomic E-state index is 12.6. The van der Waals surface area contributed by atoms with Crippen LogP contribution in [0.25, 0.3) is 0 Å². The van der Waals surface area contributed by atoms with Crippen molar-refractivity contribution in [3.63, 3.8) is 0 Å². The molecule has 27 heavy (non-hydrogen) atoms. The first-order chi connectivity index (χ1) is 13.1. The number of rotatable bonds is 7. The van der Waals surface area contributed by atoms with Gasteiger partial charge in [0, 0.05) is 37.9 Å². The third-order valence-corrected chi connectivity index (χ3v) is 5.25. The van der Waals surface area contributed by atoms with Crippen molar-refractivity contribution < 1.29 is 4.79 Å². The van der Waals surface area contributed by atoms with Gasteiger partial charge in [-0.2, -0.15) is 0 Å². The molecule has 1 aliphatic heterocycles. The molecule has 2 aromatic rings. The molecule has 1 atom stereocenters. The van der Waals surface area contributed by atoms with Gasteiger partial charge in [-0.3, -0.25) is 4.79 Å². The maximum absolute atomic E-state index is 12.6. The topological polar surface area (TPSA) is 35.6 Å². The number of hydrogen-bond donors (Lipinski definition) is 1. The van der Waals surface area contributed by atoms with Gasteiger partial charge in [0.2, 0.25) is 0 Å². The molecule has 2 aromatic carbocycles. The molecule has 0 aliphatic carbocycles. The maximum Gasteiger partial charge on any atom is 0.251 e. The van der Waals surface area contributed by atoms with E-state index in [2.05, 4.69) is 40.5 Å². The molecule has 0 saturated carbocycles. The van der Waals surface area contributed by atoms with Gasteiger partial charge in [-0.25, -0.2) is 0 Å². The lowest BCUT2D eigenvalue weighted by Crippen LogP contribution is -2.48. The Bertz CT molecular complexity index is 729. The predicted octanol–water partition coefficient (Wildman–Crippen LogP) is 3.58. The van der Waals surface area contributed by atoms with E-state index in [0.29, 0.717) is 0 Å². The minimum absolute atomic E-state index is 0.0369. The number of amides is 1. The van der Waals surface area contributed by atoms with Crippen LogP contribution in [0.5, 0.6) is 0 Å². The number of carbonyl (C=O) groups excluding carboxylic acids is 1. The molecule has 4 heteroatoms. The van der Waals surface area contributed by atoms with Gasteiger partial charge in [0.1, 0.15) is 0 Å². The van der Waals surface area contributed by atoms with Gasteiger partial charge < -0.3 is 15.1 Å². The first-order valence-electron chi connectivity index (χ1n) is 9.96. The number of hydrogen-bond acceptors (Lipinski definition) is 3. The van der Waals surface area contributed by atoms with Crippen LogP contribution >= 0.6 is 0 Å². The third kappa shape index (κ3) is 5.83. The van der Waals surface area contributed by atoms with Crippen LogP contribution in [0.3, 0.4) is 0 Å². The molecule has 0 unspecified atom stereocenters. The molecule has 1 saturated heterocycles. The minimum atomic E-state index is 0.0369. The Labute approximate surface area is 163 Å². The highest BCUT2D eigenvalue weighted by Crippen LogP contribution is 2.15. The summed E-state index contributed by atoms with van der Waals surface area (Å²) in [4.78, 5) is 17.2. The van der Waals surface area contributed by atoms with Gasteiger partial charge in [0.25, 0.3) is 5.91 Å². The molecule has 0 radical (unpaired) electrons. The van der Waals surface area contributed by atoms with E-state index in [1.165, 1.54) is 5.56 Å². The van der Waals surface area contributed by atoms with Crippen LogP contribution in [-0.4, -0.2) is 50.6 Å². The number of nitrogens with one attached hydrogen (secondary N) is 1. The SMILES string of the molecule is CN(C)c1cccc(C(=O)N[C@@H]2CCCN(CCCc3ccccc3)C2)c1. The molecular weight excluding hydrogens is 334 g/mol. The smallest absolute Gasteiger partial charge is 0.251 e. The zero-order valence-corrected chi connectivity index (χ0v) is 16.5. The zero-order chi connectivity index (χ0) is 19.1. The Morgan fingerprint density at radius 2 is 1.96 bits per heavy atom. The van der Waals surface area contributed by atoms with Crippen LogP contribution in [0, 0.1) is 0 Å². The molecular formula is C23H31N3O. The number of anilines is 1.